The van der Waals surface area contributed by atoms with Crippen LogP contribution in [0.3, 0.4) is 0 Å². The minimum absolute atomic E-state index is 0.0790. The summed E-state index contributed by atoms with van der Waals surface area (Å²) < 4.78 is 63.6. The molecule has 0 aliphatic carbocycles. The zero-order chi connectivity index (χ0) is 13.0. The molecule has 0 bridgehead atoms. The highest BCUT2D eigenvalue weighted by atomic mass is 19.4. The summed E-state index contributed by atoms with van der Waals surface area (Å²) in [6.45, 7) is 0.284. The number of esters is 1. The van der Waals surface area contributed by atoms with Crippen LogP contribution in [-0.4, -0.2) is 37.1 Å². The molecule has 0 aromatic rings. The largest absolute Gasteiger partial charge is 0.465 e. The molecule has 9 heteroatoms. The molecule has 0 saturated carbocycles. The van der Waals surface area contributed by atoms with E-state index < -0.39 is 30.5 Å². The smallest absolute Gasteiger partial charge is 0.463 e. The SMILES string of the molecule is CCOC(=O)CNC(=O)C(F)(F)C(F)(F)F. The monoisotopic (exact) mass is 249 g/mol. The van der Waals surface area contributed by atoms with E-state index in [1.54, 1.807) is 0 Å². The number of carbonyl (C=O) groups is 2. The number of rotatable bonds is 4. The van der Waals surface area contributed by atoms with Crippen LogP contribution in [0.15, 0.2) is 0 Å². The lowest BCUT2D eigenvalue weighted by Crippen LogP contribution is -2.51. The van der Waals surface area contributed by atoms with Gasteiger partial charge >= 0.3 is 24.0 Å². The van der Waals surface area contributed by atoms with Crippen molar-refractivity contribution in [1.29, 1.82) is 0 Å². The number of amides is 1. The van der Waals surface area contributed by atoms with Crippen LogP contribution in [0.25, 0.3) is 0 Å². The fraction of sp³-hybridized carbons (Fsp3) is 0.714. The number of carbonyl (C=O) groups excluding carboxylic acids is 2. The number of hydrogen-bond donors (Lipinski definition) is 1. The average Bonchev–Trinajstić information content (AvgIpc) is 2.12. The molecule has 0 aromatic heterocycles. The first-order valence-electron chi connectivity index (χ1n) is 4.01. The number of ether oxygens (including phenoxy) is 1. The van der Waals surface area contributed by atoms with Gasteiger partial charge in [-0.05, 0) is 6.92 Å². The third-order valence-corrected chi connectivity index (χ3v) is 1.34. The van der Waals surface area contributed by atoms with Crippen molar-refractivity contribution in [3.05, 3.63) is 0 Å². The van der Waals surface area contributed by atoms with Gasteiger partial charge in [0.25, 0.3) is 0 Å². The Morgan fingerprint density at radius 2 is 1.69 bits per heavy atom. The second-order valence-electron chi connectivity index (χ2n) is 2.56. The van der Waals surface area contributed by atoms with Gasteiger partial charge in [-0.2, -0.15) is 22.0 Å². The highest BCUT2D eigenvalue weighted by Gasteiger charge is 2.63. The molecule has 0 unspecified atom stereocenters. The van der Waals surface area contributed by atoms with Crippen molar-refractivity contribution >= 4 is 11.9 Å². The van der Waals surface area contributed by atoms with Gasteiger partial charge in [-0.15, -0.1) is 0 Å². The minimum Gasteiger partial charge on any atom is -0.465 e. The summed E-state index contributed by atoms with van der Waals surface area (Å²) in [5, 5.41) is 1.13. The highest BCUT2D eigenvalue weighted by Crippen LogP contribution is 2.35. The molecule has 16 heavy (non-hydrogen) atoms. The van der Waals surface area contributed by atoms with Crippen LogP contribution in [0.1, 0.15) is 6.92 Å². The van der Waals surface area contributed by atoms with E-state index in [1.165, 1.54) is 6.92 Å². The molecule has 0 heterocycles. The summed E-state index contributed by atoms with van der Waals surface area (Å²) >= 11 is 0. The predicted octanol–water partition coefficient (Wildman–Crippen LogP) is 0.863. The van der Waals surface area contributed by atoms with Crippen molar-refractivity contribution in [2.24, 2.45) is 0 Å². The predicted molar refractivity (Wildman–Crippen MR) is 40.6 cm³/mol. The molecule has 0 rings (SSSR count). The lowest BCUT2D eigenvalue weighted by Gasteiger charge is -2.18. The Bertz CT molecular complexity index is 276. The molecule has 0 saturated heterocycles. The summed E-state index contributed by atoms with van der Waals surface area (Å²) in [6.07, 6.45) is -5.99. The fourth-order valence-electron chi connectivity index (χ4n) is 0.604. The van der Waals surface area contributed by atoms with E-state index in [0.29, 0.717) is 0 Å². The van der Waals surface area contributed by atoms with E-state index >= 15 is 0 Å². The summed E-state index contributed by atoms with van der Waals surface area (Å²) in [5.41, 5.74) is 0. The van der Waals surface area contributed by atoms with Crippen molar-refractivity contribution in [3.63, 3.8) is 0 Å². The van der Waals surface area contributed by atoms with Crippen molar-refractivity contribution in [3.8, 4) is 0 Å². The van der Waals surface area contributed by atoms with Crippen LogP contribution in [0.2, 0.25) is 0 Å². The van der Waals surface area contributed by atoms with Gasteiger partial charge in [-0.25, -0.2) is 0 Å². The van der Waals surface area contributed by atoms with Crippen LogP contribution < -0.4 is 5.32 Å². The summed E-state index contributed by atoms with van der Waals surface area (Å²) in [4.78, 5) is 21.0. The minimum atomic E-state index is -5.99. The fourth-order valence-corrected chi connectivity index (χ4v) is 0.604. The highest BCUT2D eigenvalue weighted by molar-refractivity contribution is 5.87. The Labute approximate surface area is 86.7 Å². The number of alkyl halides is 5. The Balaban J connectivity index is 4.32. The number of halogens is 5. The van der Waals surface area contributed by atoms with Crippen molar-refractivity contribution in [2.75, 3.05) is 13.2 Å². The van der Waals surface area contributed by atoms with Gasteiger partial charge < -0.3 is 10.1 Å². The maximum absolute atomic E-state index is 12.3. The maximum Gasteiger partial charge on any atom is 0.463 e. The average molecular weight is 249 g/mol. The maximum atomic E-state index is 12.3. The van der Waals surface area contributed by atoms with E-state index in [2.05, 4.69) is 4.74 Å². The zero-order valence-corrected chi connectivity index (χ0v) is 8.03. The number of nitrogens with one attached hydrogen (secondary N) is 1. The van der Waals surface area contributed by atoms with Gasteiger partial charge in [0.05, 0.1) is 6.61 Å². The Morgan fingerprint density at radius 3 is 2.06 bits per heavy atom. The quantitative estimate of drug-likeness (QED) is 0.594. The van der Waals surface area contributed by atoms with Crippen molar-refractivity contribution in [2.45, 2.75) is 19.0 Å². The molecule has 4 nitrogen and oxygen atoms in total. The molecule has 94 valence electrons. The van der Waals surface area contributed by atoms with E-state index in [1.807, 2.05) is 0 Å². The van der Waals surface area contributed by atoms with Gasteiger partial charge in [0.2, 0.25) is 0 Å². The Morgan fingerprint density at radius 1 is 1.19 bits per heavy atom. The van der Waals surface area contributed by atoms with Gasteiger partial charge in [-0.1, -0.05) is 0 Å². The second kappa shape index (κ2) is 5.08. The van der Waals surface area contributed by atoms with E-state index in [-0.39, 0.29) is 6.61 Å². The molecular formula is C7H8F5NO3. The third kappa shape index (κ3) is 3.63. The molecule has 0 fully saturated rings. The van der Waals surface area contributed by atoms with Crippen LogP contribution >= 0.6 is 0 Å². The molecule has 0 atom stereocenters. The third-order valence-electron chi connectivity index (χ3n) is 1.34. The molecule has 0 aliphatic rings. The first-order valence-corrected chi connectivity index (χ1v) is 4.01. The van der Waals surface area contributed by atoms with Crippen LogP contribution in [-0.2, 0) is 14.3 Å². The second-order valence-corrected chi connectivity index (χ2v) is 2.56. The molecule has 0 aliphatic heterocycles. The summed E-state index contributed by atoms with van der Waals surface area (Å²) in [7, 11) is 0. The molecule has 0 spiro atoms. The molecule has 1 N–H and O–H groups in total. The van der Waals surface area contributed by atoms with Gasteiger partial charge in [0.15, 0.2) is 0 Å². The van der Waals surface area contributed by atoms with Crippen molar-refractivity contribution in [1.82, 2.24) is 5.32 Å². The standard InChI is InChI=1S/C7H8F5NO3/c1-2-16-4(14)3-13-5(15)6(8,9)7(10,11)12/h2-3H2,1H3,(H,13,15). The van der Waals surface area contributed by atoms with Crippen LogP contribution in [0.4, 0.5) is 22.0 Å². The lowest BCUT2D eigenvalue weighted by atomic mass is 10.3. The molecule has 1 amide bonds. The van der Waals surface area contributed by atoms with E-state index in [4.69, 9.17) is 0 Å². The summed E-state index contributed by atoms with van der Waals surface area (Å²) in [6, 6.07) is 0. The van der Waals surface area contributed by atoms with Gasteiger partial charge in [0, 0.05) is 0 Å². The van der Waals surface area contributed by atoms with Crippen LogP contribution in [0.5, 0.6) is 0 Å². The lowest BCUT2D eigenvalue weighted by molar-refractivity contribution is -0.269. The Hall–Kier alpha value is -1.41. The molecular weight excluding hydrogens is 241 g/mol. The van der Waals surface area contributed by atoms with Gasteiger partial charge in [-0.3, -0.25) is 9.59 Å². The number of hydrogen-bond acceptors (Lipinski definition) is 3. The molecule has 0 radical (unpaired) electrons. The molecule has 0 aromatic carbocycles. The van der Waals surface area contributed by atoms with Crippen LogP contribution in [0, 0.1) is 0 Å². The van der Waals surface area contributed by atoms with E-state index in [9.17, 15) is 31.5 Å². The first kappa shape index (κ1) is 14.6. The zero-order valence-electron chi connectivity index (χ0n) is 8.03. The van der Waals surface area contributed by atoms with E-state index in [0.717, 1.165) is 5.32 Å². The normalized spacial score (nSPS) is 12.1. The van der Waals surface area contributed by atoms with Crippen molar-refractivity contribution < 1.29 is 36.3 Å². The van der Waals surface area contributed by atoms with Gasteiger partial charge in [0.1, 0.15) is 6.54 Å². The summed E-state index contributed by atoms with van der Waals surface area (Å²) in [5.74, 6) is -9.22. The Kier molecular flexibility index (Phi) is 4.63. The first-order chi connectivity index (χ1) is 7.13. The topological polar surface area (TPSA) is 55.4 Å².